The number of aliphatic hydroxyl groups is 1. The topological polar surface area (TPSA) is 140 Å². The van der Waals surface area contributed by atoms with E-state index in [1.807, 2.05) is 196 Å². The summed E-state index contributed by atoms with van der Waals surface area (Å²) in [5.41, 5.74) is 6.35. The average molecular weight is 1580 g/mol. The lowest BCUT2D eigenvalue weighted by Crippen LogP contribution is -2.73. The zero-order valence-electron chi connectivity index (χ0n) is 72.8. The number of methoxy groups -OCH3 is 2. The van der Waals surface area contributed by atoms with E-state index in [9.17, 15) is 5.11 Å². The van der Waals surface area contributed by atoms with E-state index in [0.29, 0.717) is 33.4 Å². The monoisotopic (exact) mass is 1570 g/mol. The Labute approximate surface area is 676 Å². The van der Waals surface area contributed by atoms with Gasteiger partial charge in [-0.1, -0.05) is 256 Å². The predicted octanol–water partition coefficient (Wildman–Crippen LogP) is 19.3. The Bertz CT molecular complexity index is 4990. The molecular weight excluding hydrogens is 1470 g/mol. The summed E-state index contributed by atoms with van der Waals surface area (Å²) in [6.45, 7) is -5.18. The van der Waals surface area contributed by atoms with Crippen molar-refractivity contribution in [3.63, 3.8) is 0 Å². The Morgan fingerprint density at radius 1 is 0.459 bits per heavy atom. The number of aliphatic hydroxyl groups excluding tert-OH is 1. The third kappa shape index (κ3) is 19.6. The summed E-state index contributed by atoms with van der Waals surface area (Å²) in [7, 11) is -0.597. The van der Waals surface area contributed by atoms with Crippen molar-refractivity contribution < 1.29 is 89.2 Å². The van der Waals surface area contributed by atoms with Gasteiger partial charge >= 0.3 is 0 Å². The van der Waals surface area contributed by atoms with Crippen LogP contribution in [0.5, 0.6) is 11.5 Å². The maximum absolute atomic E-state index is 16.1. The summed E-state index contributed by atoms with van der Waals surface area (Å²) in [6.07, 6.45) is -8.92. The van der Waals surface area contributed by atoms with E-state index in [-0.39, 0.29) is 69.1 Å². The molecule has 0 saturated carbocycles. The molecule has 10 aromatic rings. The SMILES string of the molecule is [2H]C([2H])([2H])C([2H])([2H])Oc1ccc(Cc2cc([C@]3(OC)O[C@H](COC(CO)C(C)(C)[Si](C)(C)[C@H]4O[C@@](OC)(c5ccc(Cl)c(Cc6ccc(OC([2H])([2H])C([2H])([2H])[2H])c(F)c6)c5)[C@H](OCc5ccccc5)[C@@H](OCc5ccccc5)[C@@H]4OCc4ccccc4)[C@@H](OCc4ccccc4)[C@H](OCc4ccccc4)[C@H]3OCc3ccccc3)ccc2Cl)cc1F. The van der Waals surface area contributed by atoms with Gasteiger partial charge in [0.25, 0.3) is 0 Å². The molecule has 11 atom stereocenters. The summed E-state index contributed by atoms with van der Waals surface area (Å²) >= 11 is 14.4. The van der Waals surface area contributed by atoms with Crippen molar-refractivity contribution in [2.24, 2.45) is 0 Å². The molecule has 2 aliphatic heterocycles. The first-order valence-corrected chi connectivity index (χ1v) is 40.7. The van der Waals surface area contributed by atoms with Crippen molar-refractivity contribution in [2.75, 3.05) is 40.6 Å². The fourth-order valence-electron chi connectivity index (χ4n) is 14.7. The zero-order valence-corrected chi connectivity index (χ0v) is 65.3. The van der Waals surface area contributed by atoms with E-state index in [1.165, 1.54) is 32.4 Å². The molecule has 2 heterocycles. The molecule has 0 amide bonds. The number of rotatable bonds is 37. The first-order valence-electron chi connectivity index (χ1n) is 41.8. The summed E-state index contributed by atoms with van der Waals surface area (Å²) in [6, 6.07) is 75.6. The molecule has 14 nitrogen and oxygen atoms in total. The lowest BCUT2D eigenvalue weighted by atomic mass is 9.86. The van der Waals surface area contributed by atoms with Crippen LogP contribution in [0.1, 0.15) is 108 Å². The van der Waals surface area contributed by atoms with Crippen molar-refractivity contribution in [1.29, 1.82) is 0 Å². The highest BCUT2D eigenvalue weighted by Gasteiger charge is 2.66. The van der Waals surface area contributed by atoms with Crippen LogP contribution >= 0.6 is 23.2 Å². The Morgan fingerprint density at radius 3 is 1.17 bits per heavy atom. The van der Waals surface area contributed by atoms with Crippen LogP contribution in [0.3, 0.4) is 0 Å². The molecule has 2 fully saturated rings. The fourth-order valence-corrected chi connectivity index (χ4v) is 18.3. The van der Waals surface area contributed by atoms with Crippen LogP contribution in [0.2, 0.25) is 28.2 Å². The Balaban J connectivity index is 0.975. The quantitative estimate of drug-likeness (QED) is 0.0369. The molecule has 111 heavy (non-hydrogen) atoms. The molecule has 2 saturated heterocycles. The number of benzene rings is 10. The normalized spacial score (nSPS) is 23.6. The minimum Gasteiger partial charge on any atom is -0.491 e. The second kappa shape index (κ2) is 38.7. The van der Waals surface area contributed by atoms with Gasteiger partial charge in [0.05, 0.1) is 91.4 Å². The second-order valence-corrected chi connectivity index (χ2v) is 34.9. The summed E-state index contributed by atoms with van der Waals surface area (Å²) < 4.78 is 202. The number of hydrogen-bond acceptors (Lipinski definition) is 14. The molecule has 584 valence electrons. The first kappa shape index (κ1) is 69.7. The predicted molar refractivity (Wildman–Crippen MR) is 429 cm³/mol. The molecular formula is C92H100Cl2F2O14Si. The van der Waals surface area contributed by atoms with Crippen LogP contribution in [0.4, 0.5) is 8.78 Å². The third-order valence-corrected chi connectivity index (χ3v) is 27.6. The van der Waals surface area contributed by atoms with Gasteiger partial charge in [-0.05, 0) is 136 Å². The highest BCUT2D eigenvalue weighted by Crippen LogP contribution is 2.54. The molecule has 1 unspecified atom stereocenters. The maximum atomic E-state index is 16.1. The smallest absolute Gasteiger partial charge is 0.225 e. The maximum Gasteiger partial charge on any atom is 0.225 e. The number of halogens is 4. The second-order valence-electron chi connectivity index (χ2n) is 28.8. The largest absolute Gasteiger partial charge is 0.491 e. The molecule has 10 aromatic carbocycles. The number of hydrogen-bond donors (Lipinski definition) is 1. The van der Waals surface area contributed by atoms with Gasteiger partial charge in [0.15, 0.2) is 23.1 Å². The Kier molecular flexibility index (Phi) is 24.3. The molecule has 0 spiro atoms. The molecule has 0 aliphatic carbocycles. The van der Waals surface area contributed by atoms with Gasteiger partial charge in [0.1, 0.15) is 42.7 Å². The summed E-state index contributed by atoms with van der Waals surface area (Å²) in [5, 5.41) is 11.9. The lowest BCUT2D eigenvalue weighted by Gasteiger charge is -2.58. The van der Waals surface area contributed by atoms with Crippen molar-refractivity contribution in [3.8, 4) is 11.5 Å². The van der Waals surface area contributed by atoms with Gasteiger partial charge < -0.3 is 66.7 Å². The van der Waals surface area contributed by atoms with Gasteiger partial charge in [0.2, 0.25) is 11.6 Å². The van der Waals surface area contributed by atoms with Gasteiger partial charge in [-0.15, -0.1) is 0 Å². The standard InChI is InChI=1S/C92H100Cl2F2O14Si/c1-9-100-79-47-41-69(51-77(79)95)49-71-53-73(43-45-75(71)93)91(98-5)87(107-60-67-37-25-15-26-38-67)84(104-57-64-31-19-12-20-32-64)83(103-56-63-29-17-11-18-30-63)81(109-91)62-102-82(55-97)90(3,4)111(7,8)89-86(106-59-66-35-23-14-24-36-66)85(105-58-65-33-21-13-22-34-65)88(108-61-68-39-27-16-28-40-68)92(99-6,110-89)74-44-46-76(94)72(54-74)50-70-42-48-80(101-10-2)78(96)52-70/h11-48,51-54,81-89,97H,9-10,49-50,55-62H2,1-8H3/t81-,82?,83-,84+,85+,86+,87-,88-,89-,91+,92+/m1/s1/i1D3,2D3,9D2,10D2. The van der Waals surface area contributed by atoms with E-state index in [0.717, 1.165) is 51.6 Å². The van der Waals surface area contributed by atoms with Crippen LogP contribution in [0, 0.1) is 11.6 Å². The average Bonchev–Trinajstić information content (AvgIpc) is 0.703. The van der Waals surface area contributed by atoms with Crippen LogP contribution in [-0.2, 0) is 116 Å². The van der Waals surface area contributed by atoms with E-state index in [2.05, 4.69) is 13.1 Å². The molecule has 0 radical (unpaired) electrons. The van der Waals surface area contributed by atoms with Gasteiger partial charge in [-0.3, -0.25) is 0 Å². The zero-order chi connectivity index (χ0) is 86.6. The third-order valence-electron chi connectivity index (χ3n) is 21.4. The van der Waals surface area contributed by atoms with Crippen molar-refractivity contribution >= 4 is 31.3 Å². The Hall–Kier alpha value is -8.02. The highest BCUT2D eigenvalue weighted by molar-refractivity contribution is 6.81. The molecule has 0 aromatic heterocycles. The first-order chi connectivity index (χ1) is 57.7. The molecule has 2 aliphatic rings. The van der Waals surface area contributed by atoms with Crippen LogP contribution in [-0.4, -0.2) is 108 Å². The van der Waals surface area contributed by atoms with Crippen LogP contribution < -0.4 is 9.47 Å². The molecule has 1 N–H and O–H groups in total. The van der Waals surface area contributed by atoms with E-state index in [1.54, 1.807) is 36.4 Å². The van der Waals surface area contributed by atoms with Gasteiger partial charge in [-0.25, -0.2) is 8.78 Å². The van der Waals surface area contributed by atoms with Crippen molar-refractivity contribution in [3.05, 3.63) is 343 Å². The summed E-state index contributed by atoms with van der Waals surface area (Å²) in [4.78, 5) is 0. The van der Waals surface area contributed by atoms with Crippen molar-refractivity contribution in [1.82, 2.24) is 0 Å². The van der Waals surface area contributed by atoms with E-state index < -0.39 is 136 Å². The van der Waals surface area contributed by atoms with Gasteiger partial charge in [0, 0.05) is 43.6 Å². The highest BCUT2D eigenvalue weighted by atomic mass is 35.5. The minimum absolute atomic E-state index is 0.0117. The summed E-state index contributed by atoms with van der Waals surface area (Å²) in [5.74, 6) is -7.15. The molecule has 12 rings (SSSR count). The minimum atomic E-state index is -3.60. The Morgan fingerprint density at radius 2 is 0.811 bits per heavy atom. The van der Waals surface area contributed by atoms with E-state index >= 15 is 8.78 Å². The fraction of sp³-hybridized carbons (Fsp3) is 0.348. The molecule has 0 bridgehead atoms. The van der Waals surface area contributed by atoms with Crippen LogP contribution in [0.25, 0.3) is 0 Å². The lowest BCUT2D eigenvalue weighted by molar-refractivity contribution is -0.386. The van der Waals surface area contributed by atoms with Crippen molar-refractivity contribution in [2.45, 2.75) is 164 Å². The number of ether oxygens (including phenoxy) is 13. The van der Waals surface area contributed by atoms with Gasteiger partial charge in [-0.2, -0.15) is 0 Å². The van der Waals surface area contributed by atoms with E-state index in [4.69, 9.17) is 98.5 Å². The van der Waals surface area contributed by atoms with Crippen LogP contribution in [0.15, 0.2) is 255 Å². The molecule has 19 heteroatoms.